The van der Waals surface area contributed by atoms with Gasteiger partial charge in [0.25, 0.3) is 0 Å². The van der Waals surface area contributed by atoms with Crippen molar-refractivity contribution < 1.29 is 28.5 Å². The number of carbonyl (C=O) groups excluding carboxylic acids is 2. The van der Waals surface area contributed by atoms with Crippen molar-refractivity contribution in [2.75, 3.05) is 17.6 Å². The fourth-order valence-electron chi connectivity index (χ4n) is 3.21. The van der Waals surface area contributed by atoms with Gasteiger partial charge in [-0.1, -0.05) is 42.4 Å². The maximum Gasteiger partial charge on any atom is 0.343 e. The quantitative estimate of drug-likeness (QED) is 0.0635. The largest absolute Gasteiger partial charge is 0.494 e. The molecule has 0 radical (unpaired) electrons. The Labute approximate surface area is 226 Å². The van der Waals surface area contributed by atoms with Gasteiger partial charge in [0.15, 0.2) is 0 Å². The molecule has 3 rings (SSSR count). The minimum absolute atomic E-state index is 0.350. The molecule has 7 heteroatoms. The van der Waals surface area contributed by atoms with Crippen LogP contribution in [0.15, 0.2) is 72.8 Å². The molecule has 0 N–H and O–H groups in total. The van der Waals surface area contributed by atoms with Crippen molar-refractivity contribution in [2.45, 2.75) is 39.0 Å². The number of unbranched alkanes of at least 4 members (excludes halogenated alkanes) is 3. The number of rotatable bonds is 14. The van der Waals surface area contributed by atoms with E-state index in [2.05, 4.69) is 29.5 Å². The van der Waals surface area contributed by atoms with Crippen molar-refractivity contribution in [1.29, 1.82) is 0 Å². The van der Waals surface area contributed by atoms with E-state index in [9.17, 15) is 9.59 Å². The molecule has 0 saturated carbocycles. The van der Waals surface area contributed by atoms with Crippen molar-refractivity contribution in [3.8, 4) is 23.0 Å². The van der Waals surface area contributed by atoms with Gasteiger partial charge in [0.05, 0.1) is 24.3 Å². The maximum absolute atomic E-state index is 12.4. The molecule has 0 aliphatic rings. The monoisotopic (exact) mass is 602 g/mol. The molecule has 0 aliphatic carbocycles. The number of hydrogen-bond donors (Lipinski definition) is 0. The number of halogens is 1. The van der Waals surface area contributed by atoms with Crippen molar-refractivity contribution in [3.05, 3.63) is 83.9 Å². The zero-order valence-corrected chi connectivity index (χ0v) is 22.6. The Morgan fingerprint density at radius 3 is 1.36 bits per heavy atom. The highest BCUT2D eigenvalue weighted by Gasteiger charge is 2.11. The zero-order chi connectivity index (χ0) is 25.6. The summed E-state index contributed by atoms with van der Waals surface area (Å²) in [6.45, 7) is 3.46. The van der Waals surface area contributed by atoms with Gasteiger partial charge in [-0.05, 0) is 96.5 Å². The molecule has 0 heterocycles. The van der Waals surface area contributed by atoms with Crippen LogP contribution in [-0.2, 0) is 0 Å². The highest BCUT2D eigenvalue weighted by atomic mass is 127. The lowest BCUT2D eigenvalue weighted by Crippen LogP contribution is -2.09. The molecule has 0 spiro atoms. The second kappa shape index (κ2) is 15.1. The van der Waals surface area contributed by atoms with Crippen LogP contribution in [-0.4, -0.2) is 29.6 Å². The van der Waals surface area contributed by atoms with E-state index in [-0.39, 0.29) is 0 Å². The molecular formula is C29H31IO6. The molecule has 0 saturated heterocycles. The standard InChI is InChI=1S/C29H31IO6/c1-2-3-5-20-33-24-11-7-22(8-12-24)28(31)35-26-15-17-27(18-16-26)36-29(32)23-9-13-25(14-10-23)34-21-6-4-19-30/h7-18H,2-6,19-21H2,1H3. The van der Waals surface area contributed by atoms with Crippen LogP contribution in [0.4, 0.5) is 0 Å². The first-order valence-electron chi connectivity index (χ1n) is 12.1. The second-order valence-electron chi connectivity index (χ2n) is 8.10. The van der Waals surface area contributed by atoms with E-state index in [1.165, 1.54) is 0 Å². The van der Waals surface area contributed by atoms with E-state index in [1.54, 1.807) is 72.8 Å². The summed E-state index contributed by atoms with van der Waals surface area (Å²) < 4.78 is 23.3. The summed E-state index contributed by atoms with van der Waals surface area (Å²) in [5.74, 6) is 1.19. The number of alkyl halides is 1. The van der Waals surface area contributed by atoms with Gasteiger partial charge in [-0.3, -0.25) is 0 Å². The molecule has 3 aromatic rings. The van der Waals surface area contributed by atoms with Crippen LogP contribution >= 0.6 is 22.6 Å². The summed E-state index contributed by atoms with van der Waals surface area (Å²) in [5.41, 5.74) is 0.840. The molecule has 0 unspecified atom stereocenters. The molecule has 0 aliphatic heterocycles. The Morgan fingerprint density at radius 2 is 0.972 bits per heavy atom. The Morgan fingerprint density at radius 1 is 0.583 bits per heavy atom. The van der Waals surface area contributed by atoms with Crippen LogP contribution < -0.4 is 18.9 Å². The minimum atomic E-state index is -0.479. The summed E-state index contributed by atoms with van der Waals surface area (Å²) in [6.07, 6.45) is 5.39. The smallest absolute Gasteiger partial charge is 0.343 e. The normalized spacial score (nSPS) is 10.5. The van der Waals surface area contributed by atoms with Gasteiger partial charge in [-0.25, -0.2) is 9.59 Å². The molecule has 0 aromatic heterocycles. The zero-order valence-electron chi connectivity index (χ0n) is 20.4. The Kier molecular flexibility index (Phi) is 11.6. The summed E-state index contributed by atoms with van der Waals surface area (Å²) >= 11 is 2.34. The lowest BCUT2D eigenvalue weighted by Gasteiger charge is -2.09. The highest BCUT2D eigenvalue weighted by molar-refractivity contribution is 14.1. The van der Waals surface area contributed by atoms with Gasteiger partial charge in [0.2, 0.25) is 0 Å². The second-order valence-corrected chi connectivity index (χ2v) is 9.18. The third-order valence-corrected chi connectivity index (χ3v) is 6.00. The van der Waals surface area contributed by atoms with Gasteiger partial charge in [0, 0.05) is 0 Å². The maximum atomic E-state index is 12.4. The molecule has 0 bridgehead atoms. The SMILES string of the molecule is CCCCCOc1ccc(C(=O)Oc2ccc(OC(=O)c3ccc(OCCCCI)cc3)cc2)cc1. The van der Waals surface area contributed by atoms with E-state index in [0.717, 1.165) is 48.0 Å². The van der Waals surface area contributed by atoms with E-state index in [0.29, 0.717) is 35.8 Å². The molecule has 0 atom stereocenters. The lowest BCUT2D eigenvalue weighted by molar-refractivity contribution is 0.0719. The first-order chi connectivity index (χ1) is 17.6. The van der Waals surface area contributed by atoms with Crippen molar-refractivity contribution in [3.63, 3.8) is 0 Å². The van der Waals surface area contributed by atoms with E-state index in [4.69, 9.17) is 18.9 Å². The van der Waals surface area contributed by atoms with E-state index in [1.807, 2.05) is 0 Å². The number of carbonyl (C=O) groups is 2. The van der Waals surface area contributed by atoms with E-state index < -0.39 is 11.9 Å². The average Bonchev–Trinajstić information content (AvgIpc) is 2.91. The van der Waals surface area contributed by atoms with Gasteiger partial charge in [-0.15, -0.1) is 0 Å². The molecule has 3 aromatic carbocycles. The predicted molar refractivity (Wildman–Crippen MR) is 148 cm³/mol. The average molecular weight is 602 g/mol. The molecule has 6 nitrogen and oxygen atoms in total. The van der Waals surface area contributed by atoms with Crippen molar-refractivity contribution in [2.24, 2.45) is 0 Å². The summed E-state index contributed by atoms with van der Waals surface area (Å²) in [6, 6.07) is 20.1. The first-order valence-corrected chi connectivity index (χ1v) is 13.7. The Hall–Kier alpha value is -3.07. The van der Waals surface area contributed by atoms with E-state index >= 15 is 0 Å². The molecular weight excluding hydrogens is 571 g/mol. The third kappa shape index (κ3) is 9.18. The van der Waals surface area contributed by atoms with Crippen LogP contribution in [0.3, 0.4) is 0 Å². The van der Waals surface area contributed by atoms with Gasteiger partial charge < -0.3 is 18.9 Å². The summed E-state index contributed by atoms with van der Waals surface area (Å²) in [5, 5.41) is 0. The van der Waals surface area contributed by atoms with Crippen LogP contribution in [0.25, 0.3) is 0 Å². The van der Waals surface area contributed by atoms with Crippen molar-refractivity contribution in [1.82, 2.24) is 0 Å². The van der Waals surface area contributed by atoms with Crippen LogP contribution in [0, 0.1) is 0 Å². The predicted octanol–water partition coefficient (Wildman–Crippen LogP) is 7.29. The first kappa shape index (κ1) is 27.5. The molecule has 0 fully saturated rings. The fourth-order valence-corrected chi connectivity index (χ4v) is 3.75. The van der Waals surface area contributed by atoms with Gasteiger partial charge in [-0.2, -0.15) is 0 Å². The van der Waals surface area contributed by atoms with Crippen LogP contribution in [0.1, 0.15) is 59.7 Å². The lowest BCUT2D eigenvalue weighted by atomic mass is 10.2. The molecule has 190 valence electrons. The number of hydrogen-bond acceptors (Lipinski definition) is 6. The van der Waals surface area contributed by atoms with Gasteiger partial charge >= 0.3 is 11.9 Å². The highest BCUT2D eigenvalue weighted by Crippen LogP contribution is 2.21. The number of esters is 2. The summed E-state index contributed by atoms with van der Waals surface area (Å²) in [4.78, 5) is 24.9. The molecule has 0 amide bonds. The number of ether oxygens (including phenoxy) is 4. The Bertz CT molecular complexity index is 990. The third-order valence-electron chi connectivity index (χ3n) is 5.24. The molecule has 36 heavy (non-hydrogen) atoms. The minimum Gasteiger partial charge on any atom is -0.494 e. The Balaban J connectivity index is 1.47. The fraction of sp³-hybridized carbons (Fsp3) is 0.310. The van der Waals surface area contributed by atoms with Crippen LogP contribution in [0.2, 0.25) is 0 Å². The topological polar surface area (TPSA) is 71.1 Å². The number of benzene rings is 3. The van der Waals surface area contributed by atoms with Gasteiger partial charge in [0.1, 0.15) is 23.0 Å². The van der Waals surface area contributed by atoms with Crippen LogP contribution in [0.5, 0.6) is 23.0 Å². The summed E-state index contributed by atoms with van der Waals surface area (Å²) in [7, 11) is 0. The van der Waals surface area contributed by atoms with Crippen molar-refractivity contribution >= 4 is 34.5 Å².